The van der Waals surface area contributed by atoms with Gasteiger partial charge in [0.05, 0.1) is 12.3 Å². The van der Waals surface area contributed by atoms with Gasteiger partial charge in [-0.2, -0.15) is 0 Å². The predicted octanol–water partition coefficient (Wildman–Crippen LogP) is 11.4. The van der Waals surface area contributed by atoms with E-state index in [2.05, 4.69) is 114 Å². The van der Waals surface area contributed by atoms with Crippen LogP contribution in [0.25, 0.3) is 0 Å². The third kappa shape index (κ3) is 19.2. The summed E-state index contributed by atoms with van der Waals surface area (Å²) in [6, 6.07) is 2.18. The van der Waals surface area contributed by atoms with E-state index in [1.165, 1.54) is 89.9 Å². The van der Waals surface area contributed by atoms with Crippen LogP contribution in [0.5, 0.6) is 0 Å². The molecule has 0 radical (unpaired) electrons. The molecule has 2 atom stereocenters. The third-order valence-corrected chi connectivity index (χ3v) is 20.8. The maximum absolute atomic E-state index is 5.74. The maximum Gasteiger partial charge on any atom is 0.334 e. The van der Waals surface area contributed by atoms with Crippen molar-refractivity contribution in [3.8, 4) is 0 Å². The quantitative estimate of drug-likeness (QED) is 0.0344. The van der Waals surface area contributed by atoms with Gasteiger partial charge in [0.25, 0.3) is 0 Å². The molecule has 0 bridgehead atoms. The molecule has 0 spiro atoms. The summed E-state index contributed by atoms with van der Waals surface area (Å²) in [5, 5.41) is 0. The van der Waals surface area contributed by atoms with Crippen molar-refractivity contribution >= 4 is 28.9 Å². The molecule has 332 valence electrons. The molecule has 0 saturated heterocycles. The van der Waals surface area contributed by atoms with Gasteiger partial charge in [-0.15, -0.1) is 11.8 Å². The summed E-state index contributed by atoms with van der Waals surface area (Å²) >= 11 is 2.39. The van der Waals surface area contributed by atoms with Crippen molar-refractivity contribution in [3.05, 3.63) is 0 Å². The molecule has 0 heterocycles. The van der Waals surface area contributed by atoms with Gasteiger partial charge in [0, 0.05) is 37.9 Å². The normalized spacial score (nSPS) is 15.4. The first-order chi connectivity index (χ1) is 26.2. The lowest BCUT2D eigenvalue weighted by molar-refractivity contribution is 0.0169. The highest BCUT2D eigenvalue weighted by Gasteiger charge is 2.49. The van der Waals surface area contributed by atoms with E-state index in [9.17, 15) is 0 Å². The summed E-state index contributed by atoms with van der Waals surface area (Å²) in [5.41, 5.74) is 0. The van der Waals surface area contributed by atoms with Crippen LogP contribution in [0.15, 0.2) is 0 Å². The number of nitrogens with zero attached hydrogens (tertiary/aromatic N) is 4. The Bertz CT molecular complexity index is 811. The van der Waals surface area contributed by atoms with Crippen LogP contribution >= 0.6 is 11.8 Å². The molecule has 0 aliphatic carbocycles. The Morgan fingerprint density at radius 2 is 0.618 bits per heavy atom. The molecule has 8 nitrogen and oxygen atoms in total. The van der Waals surface area contributed by atoms with E-state index in [1.807, 2.05) is 28.4 Å². The van der Waals surface area contributed by atoms with Crippen LogP contribution in [-0.2, 0) is 17.7 Å². The summed E-state index contributed by atoms with van der Waals surface area (Å²) < 4.78 is 23.1. The second kappa shape index (κ2) is 30.5. The summed E-state index contributed by atoms with van der Waals surface area (Å²) in [6.45, 7) is 37.5. The first kappa shape index (κ1) is 55.5. The Balaban J connectivity index is 6.50. The molecule has 11 heteroatoms. The fourth-order valence-electron chi connectivity index (χ4n) is 9.12. The van der Waals surface area contributed by atoms with E-state index in [4.69, 9.17) is 17.7 Å². The highest BCUT2D eigenvalue weighted by molar-refractivity contribution is 8.02. The Hall–Kier alpha value is 0.464. The number of rotatable bonds is 38. The van der Waals surface area contributed by atoms with Crippen molar-refractivity contribution < 1.29 is 17.7 Å². The van der Waals surface area contributed by atoms with E-state index in [-0.39, 0.29) is 9.49 Å². The summed E-state index contributed by atoms with van der Waals surface area (Å²) in [4.78, 5) is 11.2. The van der Waals surface area contributed by atoms with Gasteiger partial charge in [-0.3, -0.25) is 19.6 Å². The molecule has 0 saturated carbocycles. The van der Waals surface area contributed by atoms with Gasteiger partial charge in [0.1, 0.15) is 0 Å². The Kier molecular flexibility index (Phi) is 30.7. The standard InChI is InChI=1S/C44H98N4O4SSi2/c1-17-45(18-2)41(46(19-3)20-4)43(9,37-33-29-25-27-31-35-39-54(15,49-11)50-12)53-44(10,42(47(21-5)22-6)48(23-7)24-8)38-34-30-26-28-32-36-40-55(16,51-13)52-14/h41-42H,17-40H2,1-16H3. The summed E-state index contributed by atoms with van der Waals surface area (Å²) in [5.74, 6) is 0. The van der Waals surface area contributed by atoms with Crippen molar-refractivity contribution in [2.75, 3.05) is 80.8 Å². The second-order valence-corrected chi connectivity index (χ2v) is 25.9. The highest BCUT2D eigenvalue weighted by atomic mass is 32.2. The first-order valence-electron chi connectivity index (χ1n) is 23.1. The Labute approximate surface area is 351 Å². The average molecular weight is 836 g/mol. The summed E-state index contributed by atoms with van der Waals surface area (Å²) in [6.07, 6.45) is 18.7. The fourth-order valence-corrected chi connectivity index (χ4v) is 14.4. The zero-order valence-corrected chi connectivity index (χ0v) is 42.8. The van der Waals surface area contributed by atoms with Gasteiger partial charge in [0.2, 0.25) is 0 Å². The lowest BCUT2D eigenvalue weighted by atomic mass is 9.94. The zero-order valence-electron chi connectivity index (χ0n) is 40.0. The van der Waals surface area contributed by atoms with E-state index in [0.29, 0.717) is 12.3 Å². The van der Waals surface area contributed by atoms with Crippen molar-refractivity contribution in [1.82, 2.24) is 19.6 Å². The predicted molar refractivity (Wildman–Crippen MR) is 249 cm³/mol. The lowest BCUT2D eigenvalue weighted by Crippen LogP contribution is -2.64. The first-order valence-corrected chi connectivity index (χ1v) is 28.9. The SMILES string of the molecule is CCN(CC)C(N(CC)CC)C(C)(CCCCCCCC[Si](C)(OC)OC)SC(C)(CCCCCCCC[Si](C)(OC)OC)C(N(CC)CC)N(CC)CC. The van der Waals surface area contributed by atoms with Crippen LogP contribution in [0.2, 0.25) is 25.2 Å². The Morgan fingerprint density at radius 1 is 0.400 bits per heavy atom. The molecule has 2 unspecified atom stereocenters. The van der Waals surface area contributed by atoms with Crippen LogP contribution in [-0.4, -0.2) is 139 Å². The molecule has 0 aliphatic heterocycles. The topological polar surface area (TPSA) is 49.9 Å². The zero-order chi connectivity index (χ0) is 42.0. The third-order valence-electron chi connectivity index (χ3n) is 13.0. The minimum Gasteiger partial charge on any atom is -0.398 e. The van der Waals surface area contributed by atoms with Crippen LogP contribution in [0.1, 0.15) is 159 Å². The monoisotopic (exact) mass is 835 g/mol. The number of hydrogen-bond acceptors (Lipinski definition) is 9. The second-order valence-electron chi connectivity index (χ2n) is 16.7. The molecular weight excluding hydrogens is 737 g/mol. The highest BCUT2D eigenvalue weighted by Crippen LogP contribution is 2.50. The van der Waals surface area contributed by atoms with Gasteiger partial charge in [-0.25, -0.2) is 0 Å². The molecule has 0 aliphatic rings. The summed E-state index contributed by atoms with van der Waals surface area (Å²) in [7, 11) is 3.34. The smallest absolute Gasteiger partial charge is 0.334 e. The van der Waals surface area contributed by atoms with Gasteiger partial charge < -0.3 is 17.7 Å². The van der Waals surface area contributed by atoms with Crippen molar-refractivity contribution in [2.24, 2.45) is 0 Å². The molecule has 0 amide bonds. The molecule has 55 heavy (non-hydrogen) atoms. The molecule has 0 fully saturated rings. The lowest BCUT2D eigenvalue weighted by Gasteiger charge is -2.55. The molecule has 0 N–H and O–H groups in total. The average Bonchev–Trinajstić information content (AvgIpc) is 3.19. The van der Waals surface area contributed by atoms with Gasteiger partial charge in [-0.05, 0) is 104 Å². The van der Waals surface area contributed by atoms with E-state index in [1.54, 1.807) is 0 Å². The molecule has 0 aromatic rings. The van der Waals surface area contributed by atoms with Crippen LogP contribution in [0.3, 0.4) is 0 Å². The van der Waals surface area contributed by atoms with Gasteiger partial charge in [0.15, 0.2) is 0 Å². The van der Waals surface area contributed by atoms with E-state index in [0.717, 1.165) is 64.4 Å². The minimum atomic E-state index is -1.96. The van der Waals surface area contributed by atoms with Crippen LogP contribution in [0, 0.1) is 0 Å². The largest absolute Gasteiger partial charge is 0.398 e. The van der Waals surface area contributed by atoms with Gasteiger partial charge in [-0.1, -0.05) is 132 Å². The van der Waals surface area contributed by atoms with Gasteiger partial charge >= 0.3 is 17.1 Å². The number of unbranched alkanes of at least 4 members (excludes halogenated alkanes) is 10. The van der Waals surface area contributed by atoms with E-state index < -0.39 is 17.1 Å². The van der Waals surface area contributed by atoms with Crippen molar-refractivity contribution in [1.29, 1.82) is 0 Å². The maximum atomic E-state index is 5.74. The number of hydrogen-bond donors (Lipinski definition) is 0. The molecule has 0 aromatic carbocycles. The molecule has 0 rings (SSSR count). The van der Waals surface area contributed by atoms with Crippen molar-refractivity contribution in [2.45, 2.75) is 206 Å². The number of thioether (sulfide) groups is 1. The Morgan fingerprint density at radius 3 is 0.836 bits per heavy atom. The van der Waals surface area contributed by atoms with E-state index >= 15 is 0 Å². The minimum absolute atomic E-state index is 0.0783. The van der Waals surface area contributed by atoms with Crippen LogP contribution < -0.4 is 0 Å². The fraction of sp³-hybridized carbons (Fsp3) is 1.00. The molecular formula is C44H98N4O4SSi2. The molecule has 0 aromatic heterocycles. The van der Waals surface area contributed by atoms with Crippen LogP contribution in [0.4, 0.5) is 0 Å². The van der Waals surface area contributed by atoms with Crippen molar-refractivity contribution in [3.63, 3.8) is 0 Å².